The Balaban J connectivity index is 1.54. The van der Waals surface area contributed by atoms with Gasteiger partial charge in [-0.1, -0.05) is 28.4 Å². The maximum Gasteiger partial charge on any atom is 0.259 e. The lowest BCUT2D eigenvalue weighted by Crippen LogP contribution is -2.63. The molecule has 3 N–H and O–H groups in total. The zero-order chi connectivity index (χ0) is 30.3. The molecule has 42 heavy (non-hydrogen) atoms. The van der Waals surface area contributed by atoms with Crippen molar-refractivity contribution in [3.8, 4) is 11.3 Å². The predicted molar refractivity (Wildman–Crippen MR) is 146 cm³/mol. The molecular formula is C27H28Cl2F2N4O7. The highest BCUT2D eigenvalue weighted by molar-refractivity contribution is 6.35. The second-order valence-corrected chi connectivity index (χ2v) is 11.0. The van der Waals surface area contributed by atoms with Crippen molar-refractivity contribution in [2.45, 2.75) is 49.5 Å². The van der Waals surface area contributed by atoms with Crippen LogP contribution < -0.4 is 4.90 Å². The second-order valence-electron chi connectivity index (χ2n) is 10.1. The van der Waals surface area contributed by atoms with Gasteiger partial charge in [0.15, 0.2) is 6.10 Å². The first-order valence-corrected chi connectivity index (χ1v) is 13.7. The normalized spacial score (nSPS) is 27.8. The quantitative estimate of drug-likeness (QED) is 0.360. The number of aliphatic hydroxyl groups is 3. The van der Waals surface area contributed by atoms with Crippen molar-refractivity contribution in [2.75, 3.05) is 31.8 Å². The topological polar surface area (TPSA) is 139 Å². The van der Waals surface area contributed by atoms with Crippen LogP contribution in [0.15, 0.2) is 36.5 Å². The minimum atomic E-state index is -1.45. The van der Waals surface area contributed by atoms with Gasteiger partial charge in [-0.2, -0.15) is 0 Å². The minimum absolute atomic E-state index is 0.00695. The predicted octanol–water partition coefficient (Wildman–Crippen LogP) is 2.31. The lowest BCUT2D eigenvalue weighted by Gasteiger charge is -2.45. The van der Waals surface area contributed by atoms with Crippen molar-refractivity contribution in [3.05, 3.63) is 63.8 Å². The third-order valence-electron chi connectivity index (χ3n) is 7.49. The number of carbonyl (C=O) groups excluding carboxylic acids is 1. The molecule has 0 bridgehead atoms. The molecule has 3 aromatic rings. The molecule has 0 spiro atoms. The number of ether oxygens (including phenoxy) is 3. The Morgan fingerprint density at radius 1 is 1.14 bits per heavy atom. The van der Waals surface area contributed by atoms with Crippen molar-refractivity contribution in [1.82, 2.24) is 15.0 Å². The average Bonchev–Trinajstić information content (AvgIpc) is 3.60. The Morgan fingerprint density at radius 2 is 1.81 bits per heavy atom. The molecule has 0 radical (unpaired) electrons. The van der Waals surface area contributed by atoms with Crippen molar-refractivity contribution in [2.24, 2.45) is 0 Å². The molecule has 11 nitrogen and oxygen atoms in total. The molecule has 3 heterocycles. The molecule has 226 valence electrons. The van der Waals surface area contributed by atoms with Crippen molar-refractivity contribution >= 4 is 34.8 Å². The number of amides is 1. The second kappa shape index (κ2) is 12.5. The fraction of sp³-hybridized carbons (Fsp3) is 0.444. The lowest BCUT2D eigenvalue weighted by atomic mass is 9.91. The summed E-state index contributed by atoms with van der Waals surface area (Å²) in [5.41, 5.74) is 0.287. The Kier molecular flexibility index (Phi) is 9.11. The van der Waals surface area contributed by atoms with Crippen LogP contribution in [-0.4, -0.2) is 99.7 Å². The van der Waals surface area contributed by atoms with Gasteiger partial charge in [-0.25, -0.2) is 13.5 Å². The smallest absolute Gasteiger partial charge is 0.259 e. The summed E-state index contributed by atoms with van der Waals surface area (Å²) in [5.74, 6) is -2.25. The third-order valence-corrected chi connectivity index (χ3v) is 7.93. The molecular weight excluding hydrogens is 601 g/mol. The fourth-order valence-corrected chi connectivity index (χ4v) is 5.80. The summed E-state index contributed by atoms with van der Waals surface area (Å²) in [5, 5.41) is 40.4. The van der Waals surface area contributed by atoms with Crippen molar-refractivity contribution in [3.63, 3.8) is 0 Å². The van der Waals surface area contributed by atoms with Crippen LogP contribution in [0.2, 0.25) is 10.0 Å². The number of anilines is 1. The molecule has 0 saturated carbocycles. The average molecular weight is 629 g/mol. The number of methoxy groups -OCH3 is 1. The van der Waals surface area contributed by atoms with Crippen molar-refractivity contribution < 1.29 is 43.1 Å². The van der Waals surface area contributed by atoms with E-state index in [4.69, 9.17) is 37.4 Å². The molecule has 1 aromatic heterocycles. The Hall–Kier alpha value is -2.75. The summed E-state index contributed by atoms with van der Waals surface area (Å²) in [6.07, 6.45) is -5.10. The zero-order valence-electron chi connectivity index (χ0n) is 22.4. The molecule has 5 rings (SSSR count). The van der Waals surface area contributed by atoms with Gasteiger partial charge in [0.05, 0.1) is 32.1 Å². The molecule has 0 unspecified atom stereocenters. The van der Waals surface area contributed by atoms with Gasteiger partial charge in [0.2, 0.25) is 0 Å². The van der Waals surface area contributed by atoms with E-state index in [2.05, 4.69) is 10.3 Å². The first-order chi connectivity index (χ1) is 20.0. The van der Waals surface area contributed by atoms with Crippen LogP contribution in [0, 0.1) is 18.6 Å². The van der Waals surface area contributed by atoms with Gasteiger partial charge < -0.3 is 34.4 Å². The summed E-state index contributed by atoms with van der Waals surface area (Å²) in [6, 6.07) is 4.66. The first kappa shape index (κ1) is 30.7. The summed E-state index contributed by atoms with van der Waals surface area (Å²) in [7, 11) is 1.30. The van der Waals surface area contributed by atoms with Crippen LogP contribution in [0.1, 0.15) is 11.6 Å². The summed E-state index contributed by atoms with van der Waals surface area (Å²) < 4.78 is 46.7. The van der Waals surface area contributed by atoms with Crippen LogP contribution >= 0.6 is 23.2 Å². The van der Waals surface area contributed by atoms with Gasteiger partial charge in [-0.05, 0) is 37.3 Å². The molecule has 1 amide bonds. The van der Waals surface area contributed by atoms with E-state index in [9.17, 15) is 28.9 Å². The molecule has 2 saturated heterocycles. The lowest BCUT2D eigenvalue weighted by molar-refractivity contribution is -0.211. The van der Waals surface area contributed by atoms with Gasteiger partial charge >= 0.3 is 0 Å². The molecule has 2 aromatic carbocycles. The van der Waals surface area contributed by atoms with Gasteiger partial charge in [-0.3, -0.25) is 4.79 Å². The number of benzene rings is 2. The highest BCUT2D eigenvalue weighted by Gasteiger charge is 2.52. The van der Waals surface area contributed by atoms with Crippen LogP contribution in [0.25, 0.3) is 11.3 Å². The SMILES string of the molecule is CO[C@@H]1[C@@H](n2cc(-c3cc(F)c(C)c(F)c3)nn2)[C@@H](O)[C@@H](CO)O[C@H]1C(=O)N(c1cc(Cl)cc(Cl)c1)[C@H]1COC[C@@H]1O. The molecule has 15 heteroatoms. The Morgan fingerprint density at radius 3 is 2.38 bits per heavy atom. The highest BCUT2D eigenvalue weighted by Crippen LogP contribution is 2.36. The Bertz CT molecular complexity index is 1420. The van der Waals surface area contributed by atoms with E-state index in [0.29, 0.717) is 0 Å². The fourth-order valence-electron chi connectivity index (χ4n) is 5.28. The maximum absolute atomic E-state index is 14.3. The molecule has 0 aliphatic carbocycles. The van der Waals surface area contributed by atoms with Gasteiger partial charge in [0, 0.05) is 34.0 Å². The van der Waals surface area contributed by atoms with Gasteiger partial charge in [-0.15, -0.1) is 5.10 Å². The van der Waals surface area contributed by atoms with E-state index in [1.807, 2.05) is 0 Å². The number of carbonyl (C=O) groups is 1. The number of aliphatic hydroxyl groups excluding tert-OH is 3. The molecule has 2 aliphatic heterocycles. The van der Waals surface area contributed by atoms with E-state index in [0.717, 1.165) is 12.1 Å². The van der Waals surface area contributed by atoms with E-state index in [1.54, 1.807) is 0 Å². The summed E-state index contributed by atoms with van der Waals surface area (Å²) in [4.78, 5) is 15.5. The highest BCUT2D eigenvalue weighted by atomic mass is 35.5. The van der Waals surface area contributed by atoms with E-state index >= 15 is 0 Å². The Labute approximate surface area is 249 Å². The molecule has 2 aliphatic rings. The zero-order valence-corrected chi connectivity index (χ0v) is 23.9. The summed E-state index contributed by atoms with van der Waals surface area (Å²) >= 11 is 12.5. The van der Waals surface area contributed by atoms with Crippen molar-refractivity contribution in [1.29, 1.82) is 0 Å². The summed E-state index contributed by atoms with van der Waals surface area (Å²) in [6.45, 7) is 0.597. The monoisotopic (exact) mass is 628 g/mol. The van der Waals surface area contributed by atoms with E-state index in [1.165, 1.54) is 48.0 Å². The third kappa shape index (κ3) is 5.75. The number of aromatic nitrogens is 3. The van der Waals surface area contributed by atoms with Crippen LogP contribution in [0.4, 0.5) is 14.5 Å². The number of nitrogens with zero attached hydrogens (tertiary/aromatic N) is 4. The van der Waals surface area contributed by atoms with Crippen LogP contribution in [0.5, 0.6) is 0 Å². The minimum Gasteiger partial charge on any atom is -0.394 e. The number of halogens is 4. The number of hydrogen-bond acceptors (Lipinski definition) is 9. The maximum atomic E-state index is 14.3. The van der Waals surface area contributed by atoms with Gasteiger partial charge in [0.1, 0.15) is 47.8 Å². The number of hydrogen-bond donors (Lipinski definition) is 3. The molecule has 7 atom stereocenters. The standard InChI is InChI=1S/C27H28Cl2F2N4O7/c1-12-17(30)3-13(4-18(12)31)19-8-34(33-32-19)23-24(38)22(9-36)42-26(25(23)40-2)27(39)35(20-10-41-11-21(20)37)16-6-14(28)5-15(29)7-16/h3-8,20-26,36-38H,9-11H2,1-2H3/t20-,21-,22+,23-,24-,25+,26+/m0/s1. The van der Waals surface area contributed by atoms with Crippen LogP contribution in [-0.2, 0) is 19.0 Å². The first-order valence-electron chi connectivity index (χ1n) is 12.9. The largest absolute Gasteiger partial charge is 0.394 e. The molecule has 2 fully saturated rings. The van der Waals surface area contributed by atoms with Gasteiger partial charge in [0.25, 0.3) is 5.91 Å². The van der Waals surface area contributed by atoms with Crippen LogP contribution in [0.3, 0.4) is 0 Å². The number of rotatable bonds is 7. The van der Waals surface area contributed by atoms with E-state index < -0.39 is 66.8 Å². The van der Waals surface area contributed by atoms with E-state index in [-0.39, 0.29) is 45.8 Å².